The zero-order chi connectivity index (χ0) is 37.9. The van der Waals surface area contributed by atoms with Gasteiger partial charge in [-0.15, -0.1) is 13.2 Å². The highest BCUT2D eigenvalue weighted by atomic mass is 16.6. The van der Waals surface area contributed by atoms with Gasteiger partial charge in [0.25, 0.3) is 5.91 Å². The first-order valence-electron chi connectivity index (χ1n) is 18.6. The number of fused-ring (bicyclic) bond motifs is 1. The summed E-state index contributed by atoms with van der Waals surface area (Å²) in [4.78, 5) is 62.5. The standard InChI is InChI=1S/C42H55N3O7/c1-9-12-18-34(47)43(8)29(7)37(30-16-14-13-15-17-30)51-41(50)35-33-21-22-42(52-33)36(35)39(48)45(32(25-46)27(5)11-3)38(42)40(49)44(23-10-2)31-24-26(4)19-20-28(31)6/h9-10,13-17,19-20,24,27,29,32-33,35-38,46H,1-2,11-12,18,21-23,25H2,3-8H3/t27-,29+,32-,33-,35+,36+,37-,38-,42+/m0/s1. The molecule has 10 nitrogen and oxygen atoms in total. The molecule has 0 radical (unpaired) electrons. The number of anilines is 1. The first-order chi connectivity index (χ1) is 24.9. The van der Waals surface area contributed by atoms with Crippen molar-refractivity contribution in [1.82, 2.24) is 9.80 Å². The van der Waals surface area contributed by atoms with Gasteiger partial charge in [0.1, 0.15) is 17.7 Å². The van der Waals surface area contributed by atoms with Crippen LogP contribution < -0.4 is 4.90 Å². The fourth-order valence-electron chi connectivity index (χ4n) is 8.53. The molecular formula is C42H55N3O7. The van der Waals surface area contributed by atoms with Gasteiger partial charge in [-0.25, -0.2) is 0 Å². The molecular weight excluding hydrogens is 658 g/mol. The Bertz CT molecular complexity index is 1660. The van der Waals surface area contributed by atoms with Crippen LogP contribution in [0.5, 0.6) is 0 Å². The van der Waals surface area contributed by atoms with Crippen molar-refractivity contribution >= 4 is 29.4 Å². The van der Waals surface area contributed by atoms with Crippen LogP contribution in [0.3, 0.4) is 0 Å². The van der Waals surface area contributed by atoms with E-state index in [9.17, 15) is 19.5 Å². The number of aliphatic hydroxyl groups excluding tert-OH is 1. The maximum atomic E-state index is 15.1. The molecule has 0 saturated carbocycles. The molecule has 0 unspecified atom stereocenters. The molecule has 52 heavy (non-hydrogen) atoms. The third-order valence-electron chi connectivity index (χ3n) is 11.7. The number of aryl methyl sites for hydroxylation is 2. The Hall–Kier alpha value is -4.28. The van der Waals surface area contributed by atoms with E-state index in [0.29, 0.717) is 36.9 Å². The number of hydrogen-bond donors (Lipinski definition) is 1. The molecule has 3 saturated heterocycles. The van der Waals surface area contributed by atoms with Crippen LogP contribution in [0.25, 0.3) is 0 Å². The summed E-state index contributed by atoms with van der Waals surface area (Å²) in [7, 11) is 1.69. The monoisotopic (exact) mass is 713 g/mol. The lowest BCUT2D eigenvalue weighted by atomic mass is 9.70. The summed E-state index contributed by atoms with van der Waals surface area (Å²) in [6.45, 7) is 17.2. The van der Waals surface area contributed by atoms with Gasteiger partial charge in [0.15, 0.2) is 0 Å². The second-order valence-corrected chi connectivity index (χ2v) is 14.8. The fourth-order valence-corrected chi connectivity index (χ4v) is 8.53. The van der Waals surface area contributed by atoms with Crippen molar-refractivity contribution in [2.75, 3.05) is 25.1 Å². The van der Waals surface area contributed by atoms with E-state index < -0.39 is 53.7 Å². The first kappa shape index (κ1) is 38.9. The van der Waals surface area contributed by atoms with E-state index in [1.54, 1.807) is 29.0 Å². The SMILES string of the molecule is C=CCCC(=O)N(C)[C@H](C)[C@H](OC(=O)[C@@H]1[C@@H]2CC[C@]3(O2)[C@H](C(=O)N(CC=C)c2cc(C)ccc2C)N([C@@H](CO)[C@@H](C)CC)C(=O)[C@@H]13)c1ccccc1. The predicted molar refractivity (Wildman–Crippen MR) is 200 cm³/mol. The highest BCUT2D eigenvalue weighted by molar-refractivity contribution is 6.05. The average molecular weight is 714 g/mol. The number of likely N-dealkylation sites (tertiary alicyclic amines) is 1. The zero-order valence-corrected chi connectivity index (χ0v) is 31.5. The predicted octanol–water partition coefficient (Wildman–Crippen LogP) is 5.70. The number of hydrogen-bond acceptors (Lipinski definition) is 7. The fraction of sp³-hybridized carbons (Fsp3) is 0.524. The van der Waals surface area contributed by atoms with Crippen LogP contribution in [-0.2, 0) is 28.7 Å². The Kier molecular flexibility index (Phi) is 12.1. The van der Waals surface area contributed by atoms with Crippen molar-refractivity contribution in [3.8, 4) is 0 Å². The van der Waals surface area contributed by atoms with Crippen molar-refractivity contribution in [3.05, 3.63) is 90.5 Å². The van der Waals surface area contributed by atoms with E-state index in [4.69, 9.17) is 9.47 Å². The van der Waals surface area contributed by atoms with Crippen molar-refractivity contribution < 1.29 is 33.8 Å². The molecule has 3 amide bonds. The molecule has 3 heterocycles. The number of amides is 3. The molecule has 1 spiro atoms. The Morgan fingerprint density at radius 3 is 2.46 bits per heavy atom. The summed E-state index contributed by atoms with van der Waals surface area (Å²) in [5, 5.41) is 10.8. The molecule has 5 rings (SSSR count). The lowest BCUT2D eigenvalue weighted by Gasteiger charge is -2.41. The van der Waals surface area contributed by atoms with Gasteiger partial charge in [-0.3, -0.25) is 19.2 Å². The maximum absolute atomic E-state index is 15.1. The minimum Gasteiger partial charge on any atom is -0.455 e. The van der Waals surface area contributed by atoms with Crippen LogP contribution >= 0.6 is 0 Å². The average Bonchev–Trinajstić information content (AvgIpc) is 3.80. The van der Waals surface area contributed by atoms with E-state index in [0.717, 1.165) is 11.1 Å². The Labute approximate surface area is 308 Å². The molecule has 9 atom stereocenters. The van der Waals surface area contributed by atoms with Crippen molar-refractivity contribution in [2.45, 2.75) is 103 Å². The number of nitrogens with zero attached hydrogens (tertiary/aromatic N) is 3. The minimum atomic E-state index is -1.30. The minimum absolute atomic E-state index is 0.109. The molecule has 2 aromatic carbocycles. The maximum Gasteiger partial charge on any atom is 0.313 e. The quantitative estimate of drug-likeness (QED) is 0.175. The van der Waals surface area contributed by atoms with Crippen LogP contribution in [-0.4, -0.2) is 88.6 Å². The highest BCUT2D eigenvalue weighted by Crippen LogP contribution is 2.60. The largest absolute Gasteiger partial charge is 0.455 e. The molecule has 2 aromatic rings. The summed E-state index contributed by atoms with van der Waals surface area (Å²) in [5.74, 6) is -3.55. The molecule has 0 aromatic heterocycles. The summed E-state index contributed by atoms with van der Waals surface area (Å²) >= 11 is 0. The molecule has 1 N–H and O–H groups in total. The molecule has 280 valence electrons. The van der Waals surface area contributed by atoms with Gasteiger partial charge in [0.05, 0.1) is 36.6 Å². The Morgan fingerprint density at radius 2 is 1.83 bits per heavy atom. The zero-order valence-electron chi connectivity index (χ0n) is 31.5. The van der Waals surface area contributed by atoms with E-state index in [2.05, 4.69) is 13.2 Å². The number of benzene rings is 2. The van der Waals surface area contributed by atoms with Gasteiger partial charge >= 0.3 is 5.97 Å². The van der Waals surface area contributed by atoms with Crippen molar-refractivity contribution in [2.24, 2.45) is 17.8 Å². The van der Waals surface area contributed by atoms with Crippen LogP contribution in [0, 0.1) is 31.6 Å². The number of carbonyl (C=O) groups excluding carboxylic acids is 4. The number of aliphatic hydroxyl groups is 1. The van der Waals surface area contributed by atoms with Gasteiger partial charge in [0.2, 0.25) is 11.8 Å². The molecule has 3 fully saturated rings. The molecule has 10 heteroatoms. The van der Waals surface area contributed by atoms with Crippen LogP contribution in [0.4, 0.5) is 5.69 Å². The third-order valence-corrected chi connectivity index (χ3v) is 11.7. The lowest BCUT2D eigenvalue weighted by molar-refractivity contribution is -0.165. The molecule has 0 aliphatic carbocycles. The molecule has 3 aliphatic heterocycles. The number of allylic oxidation sites excluding steroid dienone is 1. The smallest absolute Gasteiger partial charge is 0.313 e. The Balaban J connectivity index is 1.56. The van der Waals surface area contributed by atoms with Crippen LogP contribution in [0.1, 0.15) is 75.7 Å². The van der Waals surface area contributed by atoms with Crippen LogP contribution in [0.15, 0.2) is 73.8 Å². The second-order valence-electron chi connectivity index (χ2n) is 14.8. The summed E-state index contributed by atoms with van der Waals surface area (Å²) in [6.07, 6.45) is 4.20. The highest BCUT2D eigenvalue weighted by Gasteiger charge is 2.76. The van der Waals surface area contributed by atoms with Crippen molar-refractivity contribution in [3.63, 3.8) is 0 Å². The number of esters is 1. The van der Waals surface area contributed by atoms with E-state index in [1.165, 1.54) is 4.90 Å². The van der Waals surface area contributed by atoms with E-state index in [1.807, 2.05) is 83.1 Å². The van der Waals surface area contributed by atoms with E-state index in [-0.39, 0.29) is 43.2 Å². The van der Waals surface area contributed by atoms with Gasteiger partial charge in [0, 0.05) is 25.7 Å². The Morgan fingerprint density at radius 1 is 1.12 bits per heavy atom. The van der Waals surface area contributed by atoms with Crippen LogP contribution in [0.2, 0.25) is 0 Å². The number of ether oxygens (including phenoxy) is 2. The third kappa shape index (κ3) is 6.95. The summed E-state index contributed by atoms with van der Waals surface area (Å²) in [5.41, 5.74) is 1.98. The van der Waals surface area contributed by atoms with Crippen molar-refractivity contribution in [1.29, 1.82) is 0 Å². The first-order valence-corrected chi connectivity index (χ1v) is 18.6. The molecule has 2 bridgehead atoms. The lowest BCUT2D eigenvalue weighted by Crippen LogP contribution is -2.60. The topological polar surface area (TPSA) is 117 Å². The van der Waals surface area contributed by atoms with Gasteiger partial charge in [-0.05, 0) is 68.7 Å². The molecule has 3 aliphatic rings. The normalized spacial score (nSPS) is 25.5. The second kappa shape index (κ2) is 16.2. The van der Waals surface area contributed by atoms with Gasteiger partial charge in [-0.1, -0.05) is 74.9 Å². The number of carbonyl (C=O) groups is 4. The van der Waals surface area contributed by atoms with E-state index >= 15 is 4.79 Å². The van der Waals surface area contributed by atoms with Gasteiger partial charge in [-0.2, -0.15) is 0 Å². The summed E-state index contributed by atoms with van der Waals surface area (Å²) in [6, 6.07) is 12.9. The van der Waals surface area contributed by atoms with Gasteiger partial charge < -0.3 is 29.3 Å². The number of rotatable bonds is 16. The number of likely N-dealkylation sites (N-methyl/N-ethyl adjacent to an activating group) is 1. The summed E-state index contributed by atoms with van der Waals surface area (Å²) < 4.78 is 13.1.